The van der Waals surface area contributed by atoms with Crippen LogP contribution in [-0.4, -0.2) is 16.0 Å². The molecule has 0 aromatic carbocycles. The smallest absolute Gasteiger partial charge is 0.130 e. The molecule has 0 bridgehead atoms. The Balaban J connectivity index is 2.00. The van der Waals surface area contributed by atoms with E-state index in [9.17, 15) is 0 Å². The molecule has 1 atom stereocenters. The molecule has 1 N–H and O–H groups in total. The molecule has 0 aliphatic rings. The zero-order valence-corrected chi connectivity index (χ0v) is 11.2. The van der Waals surface area contributed by atoms with E-state index >= 15 is 0 Å². The van der Waals surface area contributed by atoms with Gasteiger partial charge in [-0.2, -0.15) is 11.3 Å². The molecule has 0 amide bonds. The average molecular weight is 247 g/mol. The van der Waals surface area contributed by atoms with E-state index in [4.69, 9.17) is 0 Å². The fourth-order valence-electron chi connectivity index (χ4n) is 1.86. The highest BCUT2D eigenvalue weighted by Crippen LogP contribution is 2.12. The molecule has 1 unspecified atom stereocenters. The van der Waals surface area contributed by atoms with Crippen LogP contribution in [0.5, 0.6) is 0 Å². The highest BCUT2D eigenvalue weighted by atomic mass is 32.1. The Morgan fingerprint density at radius 3 is 2.82 bits per heavy atom. The summed E-state index contributed by atoms with van der Waals surface area (Å²) in [5.74, 6) is 1.73. The van der Waals surface area contributed by atoms with Gasteiger partial charge in [-0.1, -0.05) is 0 Å². The molecule has 2 rings (SSSR count). The molecule has 0 spiro atoms. The normalized spacial score (nSPS) is 12.4. The molecular weight excluding hydrogens is 230 g/mol. The molecule has 0 saturated carbocycles. The fraction of sp³-hybridized carbons (Fsp3) is 0.385. The summed E-state index contributed by atoms with van der Waals surface area (Å²) in [4.78, 5) is 8.65. The molecule has 90 valence electrons. The molecule has 17 heavy (non-hydrogen) atoms. The summed E-state index contributed by atoms with van der Waals surface area (Å²) < 4.78 is 0. The number of nitrogens with one attached hydrogen (secondary N) is 1. The number of nitrogens with zero attached hydrogens (tertiary/aromatic N) is 2. The van der Waals surface area contributed by atoms with E-state index in [-0.39, 0.29) is 0 Å². The highest BCUT2D eigenvalue weighted by Gasteiger charge is 2.06. The Bertz CT molecular complexity index is 459. The molecular formula is C13H17N3S. The summed E-state index contributed by atoms with van der Waals surface area (Å²) in [6, 6.07) is 4.52. The zero-order chi connectivity index (χ0) is 12.3. The maximum Gasteiger partial charge on any atom is 0.130 e. The average Bonchev–Trinajstić information content (AvgIpc) is 2.67. The van der Waals surface area contributed by atoms with E-state index < -0.39 is 0 Å². The van der Waals surface area contributed by atoms with Gasteiger partial charge < -0.3 is 5.32 Å². The van der Waals surface area contributed by atoms with Crippen LogP contribution in [-0.2, 0) is 6.42 Å². The van der Waals surface area contributed by atoms with E-state index in [2.05, 4.69) is 39.0 Å². The van der Waals surface area contributed by atoms with Crippen LogP contribution in [0.15, 0.2) is 22.9 Å². The number of anilines is 1. The van der Waals surface area contributed by atoms with Gasteiger partial charge in [-0.15, -0.1) is 0 Å². The largest absolute Gasteiger partial charge is 0.367 e. The Labute approximate surface area is 106 Å². The lowest BCUT2D eigenvalue weighted by Crippen LogP contribution is -2.19. The minimum Gasteiger partial charge on any atom is -0.367 e. The third kappa shape index (κ3) is 3.53. The number of rotatable bonds is 4. The lowest BCUT2D eigenvalue weighted by atomic mass is 10.1. The van der Waals surface area contributed by atoms with Gasteiger partial charge in [0.15, 0.2) is 0 Å². The molecule has 2 aromatic rings. The van der Waals surface area contributed by atoms with Crippen LogP contribution in [0.4, 0.5) is 5.82 Å². The maximum absolute atomic E-state index is 4.38. The van der Waals surface area contributed by atoms with E-state index in [1.807, 2.05) is 19.9 Å². The van der Waals surface area contributed by atoms with Gasteiger partial charge in [0.1, 0.15) is 11.6 Å². The topological polar surface area (TPSA) is 37.8 Å². The molecule has 4 heteroatoms. The monoisotopic (exact) mass is 247 g/mol. The van der Waals surface area contributed by atoms with Crippen LogP contribution in [0.3, 0.4) is 0 Å². The SMILES string of the molecule is Cc1cc(NC(C)Cc2ccsc2)nc(C)n1. The van der Waals surface area contributed by atoms with Gasteiger partial charge in [0, 0.05) is 17.8 Å². The lowest BCUT2D eigenvalue weighted by molar-refractivity contribution is 0.783. The standard InChI is InChI=1S/C13H17N3S/c1-9(6-12-4-5-17-8-12)15-13-7-10(2)14-11(3)16-13/h4-5,7-9H,6H2,1-3H3,(H,14,15,16). The van der Waals surface area contributed by atoms with Crippen molar-refractivity contribution in [1.29, 1.82) is 0 Å². The van der Waals surface area contributed by atoms with Gasteiger partial charge in [0.25, 0.3) is 0 Å². The molecule has 2 aromatic heterocycles. The first kappa shape index (κ1) is 12.0. The molecule has 0 fully saturated rings. The van der Waals surface area contributed by atoms with Gasteiger partial charge in [-0.05, 0) is 49.6 Å². The van der Waals surface area contributed by atoms with Crippen molar-refractivity contribution in [2.45, 2.75) is 33.2 Å². The van der Waals surface area contributed by atoms with Crippen molar-refractivity contribution < 1.29 is 0 Å². The minimum absolute atomic E-state index is 0.373. The summed E-state index contributed by atoms with van der Waals surface area (Å²) in [5, 5.41) is 7.72. The summed E-state index contributed by atoms with van der Waals surface area (Å²) in [7, 11) is 0. The van der Waals surface area contributed by atoms with Crippen molar-refractivity contribution in [1.82, 2.24) is 9.97 Å². The van der Waals surface area contributed by atoms with Crippen LogP contribution in [0, 0.1) is 13.8 Å². The lowest BCUT2D eigenvalue weighted by Gasteiger charge is -2.14. The predicted molar refractivity (Wildman–Crippen MR) is 72.6 cm³/mol. The van der Waals surface area contributed by atoms with Crippen molar-refractivity contribution in [2.24, 2.45) is 0 Å². The van der Waals surface area contributed by atoms with E-state index in [0.717, 1.165) is 23.8 Å². The van der Waals surface area contributed by atoms with Gasteiger partial charge in [-0.25, -0.2) is 9.97 Å². The van der Waals surface area contributed by atoms with Crippen molar-refractivity contribution >= 4 is 17.2 Å². The Morgan fingerprint density at radius 2 is 2.18 bits per heavy atom. The van der Waals surface area contributed by atoms with E-state index in [0.29, 0.717) is 6.04 Å². The summed E-state index contributed by atoms with van der Waals surface area (Å²) in [6.07, 6.45) is 1.02. The van der Waals surface area contributed by atoms with Gasteiger partial charge in [0.05, 0.1) is 0 Å². The van der Waals surface area contributed by atoms with Crippen molar-refractivity contribution in [2.75, 3.05) is 5.32 Å². The first-order valence-corrected chi connectivity index (χ1v) is 6.67. The number of aryl methyl sites for hydroxylation is 2. The molecule has 3 nitrogen and oxygen atoms in total. The van der Waals surface area contributed by atoms with Crippen LogP contribution >= 0.6 is 11.3 Å². The van der Waals surface area contributed by atoms with Gasteiger partial charge >= 0.3 is 0 Å². The van der Waals surface area contributed by atoms with Crippen LogP contribution in [0.1, 0.15) is 24.0 Å². The van der Waals surface area contributed by atoms with Crippen LogP contribution < -0.4 is 5.32 Å². The molecule has 0 aliphatic carbocycles. The molecule has 0 aliphatic heterocycles. The summed E-state index contributed by atoms with van der Waals surface area (Å²) in [5.41, 5.74) is 2.38. The number of hydrogen-bond acceptors (Lipinski definition) is 4. The number of hydrogen-bond donors (Lipinski definition) is 1. The third-order valence-electron chi connectivity index (χ3n) is 2.48. The molecule has 0 radical (unpaired) electrons. The maximum atomic E-state index is 4.38. The first-order valence-electron chi connectivity index (χ1n) is 5.73. The third-order valence-corrected chi connectivity index (χ3v) is 3.21. The first-order chi connectivity index (χ1) is 8.13. The van der Waals surface area contributed by atoms with E-state index in [1.165, 1.54) is 5.56 Å². The quantitative estimate of drug-likeness (QED) is 0.901. The van der Waals surface area contributed by atoms with Gasteiger partial charge in [-0.3, -0.25) is 0 Å². The Kier molecular flexibility index (Phi) is 3.74. The zero-order valence-electron chi connectivity index (χ0n) is 10.4. The Hall–Kier alpha value is -1.42. The molecule has 2 heterocycles. The minimum atomic E-state index is 0.373. The predicted octanol–water partition coefficient (Wildman–Crippen LogP) is 3.20. The number of aromatic nitrogens is 2. The molecule has 0 saturated heterocycles. The van der Waals surface area contributed by atoms with Crippen molar-refractivity contribution in [3.63, 3.8) is 0 Å². The highest BCUT2D eigenvalue weighted by molar-refractivity contribution is 7.07. The second-order valence-corrected chi connectivity index (χ2v) is 5.10. The van der Waals surface area contributed by atoms with Crippen molar-refractivity contribution in [3.05, 3.63) is 40.0 Å². The van der Waals surface area contributed by atoms with E-state index in [1.54, 1.807) is 11.3 Å². The summed E-state index contributed by atoms with van der Waals surface area (Å²) in [6.45, 7) is 6.08. The fourth-order valence-corrected chi connectivity index (χ4v) is 2.54. The number of thiophene rings is 1. The summed E-state index contributed by atoms with van der Waals surface area (Å²) >= 11 is 1.74. The second-order valence-electron chi connectivity index (χ2n) is 4.32. The Morgan fingerprint density at radius 1 is 1.35 bits per heavy atom. The van der Waals surface area contributed by atoms with Crippen LogP contribution in [0.2, 0.25) is 0 Å². The van der Waals surface area contributed by atoms with Gasteiger partial charge in [0.2, 0.25) is 0 Å². The van der Waals surface area contributed by atoms with Crippen LogP contribution in [0.25, 0.3) is 0 Å². The van der Waals surface area contributed by atoms with Crippen molar-refractivity contribution in [3.8, 4) is 0 Å². The second kappa shape index (κ2) is 5.27.